The van der Waals surface area contributed by atoms with Crippen LogP contribution in [-0.4, -0.2) is 44.4 Å². The number of rotatable bonds is 7. The zero-order valence-electron chi connectivity index (χ0n) is 16.9. The molecule has 1 N–H and O–H groups in total. The van der Waals surface area contributed by atoms with E-state index in [9.17, 15) is 13.2 Å². The van der Waals surface area contributed by atoms with Crippen molar-refractivity contribution in [3.8, 4) is 5.75 Å². The molecule has 29 heavy (non-hydrogen) atoms. The van der Waals surface area contributed by atoms with Crippen LogP contribution in [0.4, 0.5) is 0 Å². The third kappa shape index (κ3) is 5.58. The van der Waals surface area contributed by atoms with E-state index < -0.39 is 10.0 Å². The summed E-state index contributed by atoms with van der Waals surface area (Å²) in [5.74, 6) is 0.266. The third-order valence-electron chi connectivity index (χ3n) is 5.05. The summed E-state index contributed by atoms with van der Waals surface area (Å²) in [6, 6.07) is 16.1. The Morgan fingerprint density at radius 2 is 1.86 bits per heavy atom. The van der Waals surface area contributed by atoms with Crippen molar-refractivity contribution < 1.29 is 17.9 Å². The van der Waals surface area contributed by atoms with Gasteiger partial charge in [-0.1, -0.05) is 35.9 Å². The van der Waals surface area contributed by atoms with Crippen LogP contribution in [0.25, 0.3) is 0 Å². The van der Waals surface area contributed by atoms with Gasteiger partial charge < -0.3 is 10.1 Å². The topological polar surface area (TPSA) is 75.7 Å². The average Bonchev–Trinajstić information content (AvgIpc) is 2.73. The second-order valence-corrected chi connectivity index (χ2v) is 9.49. The van der Waals surface area contributed by atoms with Gasteiger partial charge in [0.15, 0.2) is 0 Å². The lowest BCUT2D eigenvalue weighted by Gasteiger charge is -2.31. The lowest BCUT2D eigenvalue weighted by Crippen LogP contribution is -2.48. The fourth-order valence-electron chi connectivity index (χ4n) is 3.37. The number of para-hydroxylation sites is 1. The summed E-state index contributed by atoms with van der Waals surface area (Å²) in [7, 11) is -3.59. The van der Waals surface area contributed by atoms with Crippen molar-refractivity contribution in [2.45, 2.75) is 37.6 Å². The highest BCUT2D eigenvalue weighted by Gasteiger charge is 2.33. The predicted molar refractivity (Wildman–Crippen MR) is 112 cm³/mol. The molecule has 0 radical (unpaired) electrons. The second-order valence-electron chi connectivity index (χ2n) is 7.55. The molecule has 1 amide bonds. The molecular formula is C22H28N2O4S. The average molecular weight is 417 g/mol. The van der Waals surface area contributed by atoms with Crippen molar-refractivity contribution in [1.82, 2.24) is 9.62 Å². The molecule has 1 aliphatic heterocycles. The molecule has 2 aromatic rings. The number of carbonyl (C=O) groups excluding carboxylic acids is 1. The summed E-state index contributed by atoms with van der Waals surface area (Å²) >= 11 is 0. The molecule has 1 aliphatic rings. The van der Waals surface area contributed by atoms with Gasteiger partial charge >= 0.3 is 0 Å². The molecule has 3 rings (SSSR count). The standard InChI is InChI=1S/C22H28N2O4S/c1-17-10-12-21(13-11-17)29(26,27)24-14-6-7-19(15-24)22(25)23-18(2)16-28-20-8-4-3-5-9-20/h3-5,8-13,18-19H,6-7,14-16H2,1-2H3,(H,23,25)/t18-,19-/m1/s1. The van der Waals surface area contributed by atoms with Gasteiger partial charge in [-0.15, -0.1) is 0 Å². The van der Waals surface area contributed by atoms with Crippen molar-refractivity contribution in [2.75, 3.05) is 19.7 Å². The molecule has 0 saturated carbocycles. The smallest absolute Gasteiger partial charge is 0.243 e. The number of carbonyl (C=O) groups is 1. The van der Waals surface area contributed by atoms with Crippen molar-refractivity contribution in [3.05, 3.63) is 60.2 Å². The number of piperidine rings is 1. The zero-order chi connectivity index (χ0) is 20.9. The first kappa shape index (κ1) is 21.3. The van der Waals surface area contributed by atoms with Crippen LogP contribution in [0.15, 0.2) is 59.5 Å². The predicted octanol–water partition coefficient (Wildman–Crippen LogP) is 2.98. The molecule has 1 saturated heterocycles. The van der Waals surface area contributed by atoms with Gasteiger partial charge in [0.05, 0.1) is 16.9 Å². The molecule has 156 valence electrons. The Hall–Kier alpha value is -2.38. The Kier molecular flexibility index (Phi) is 6.92. The number of benzene rings is 2. The van der Waals surface area contributed by atoms with Gasteiger partial charge in [-0.3, -0.25) is 4.79 Å². The molecule has 0 spiro atoms. The number of aryl methyl sites for hydroxylation is 1. The maximum atomic E-state index is 12.9. The molecule has 6 nitrogen and oxygen atoms in total. The van der Waals surface area contributed by atoms with Gasteiger partial charge in [-0.25, -0.2) is 8.42 Å². The minimum atomic E-state index is -3.59. The van der Waals surface area contributed by atoms with Gasteiger partial charge in [-0.2, -0.15) is 4.31 Å². The molecular weight excluding hydrogens is 388 g/mol. The van der Waals surface area contributed by atoms with E-state index >= 15 is 0 Å². The van der Waals surface area contributed by atoms with E-state index in [4.69, 9.17) is 4.74 Å². The largest absolute Gasteiger partial charge is 0.491 e. The van der Waals surface area contributed by atoms with Crippen LogP contribution < -0.4 is 10.1 Å². The Balaban J connectivity index is 1.56. The summed E-state index contributed by atoms with van der Waals surface area (Å²) in [5.41, 5.74) is 1.01. The fourth-order valence-corrected chi connectivity index (χ4v) is 4.90. The van der Waals surface area contributed by atoms with E-state index in [2.05, 4.69) is 5.32 Å². The monoisotopic (exact) mass is 416 g/mol. The number of hydrogen-bond acceptors (Lipinski definition) is 4. The highest BCUT2D eigenvalue weighted by molar-refractivity contribution is 7.89. The maximum Gasteiger partial charge on any atom is 0.243 e. The highest BCUT2D eigenvalue weighted by Crippen LogP contribution is 2.24. The minimum absolute atomic E-state index is 0.127. The molecule has 1 heterocycles. The number of nitrogens with one attached hydrogen (secondary N) is 1. The Morgan fingerprint density at radius 3 is 2.55 bits per heavy atom. The van der Waals surface area contributed by atoms with Gasteiger partial charge in [0, 0.05) is 13.1 Å². The van der Waals surface area contributed by atoms with E-state index in [0.29, 0.717) is 26.0 Å². The van der Waals surface area contributed by atoms with Gasteiger partial charge in [0.1, 0.15) is 12.4 Å². The van der Waals surface area contributed by atoms with Crippen molar-refractivity contribution >= 4 is 15.9 Å². The van der Waals surface area contributed by atoms with Gasteiger partial charge in [0.2, 0.25) is 15.9 Å². The van der Waals surface area contributed by atoms with Crippen molar-refractivity contribution in [1.29, 1.82) is 0 Å². The van der Waals surface area contributed by atoms with Crippen LogP contribution in [0.3, 0.4) is 0 Å². The quantitative estimate of drug-likeness (QED) is 0.753. The molecule has 1 fully saturated rings. The number of ether oxygens (including phenoxy) is 1. The van der Waals surface area contributed by atoms with Crippen LogP contribution >= 0.6 is 0 Å². The first-order valence-corrected chi connectivity index (χ1v) is 11.4. The first-order valence-electron chi connectivity index (χ1n) is 9.91. The molecule has 0 aromatic heterocycles. The Bertz CT molecular complexity index is 914. The summed E-state index contributed by atoms with van der Waals surface area (Å²) < 4.78 is 32.9. The molecule has 0 bridgehead atoms. The van der Waals surface area contributed by atoms with E-state index in [1.54, 1.807) is 24.3 Å². The van der Waals surface area contributed by atoms with Gasteiger partial charge in [0.25, 0.3) is 0 Å². The van der Waals surface area contributed by atoms with Crippen LogP contribution in [-0.2, 0) is 14.8 Å². The van der Waals surface area contributed by atoms with Gasteiger partial charge in [-0.05, 0) is 51.0 Å². The van der Waals surface area contributed by atoms with E-state index in [1.165, 1.54) is 4.31 Å². The normalized spacial score (nSPS) is 18.8. The van der Waals surface area contributed by atoms with Crippen LogP contribution in [0.2, 0.25) is 0 Å². The number of hydrogen-bond donors (Lipinski definition) is 1. The van der Waals surface area contributed by atoms with Crippen molar-refractivity contribution in [3.63, 3.8) is 0 Å². The molecule has 0 aliphatic carbocycles. The number of amides is 1. The Labute approximate surface area is 172 Å². The molecule has 2 atom stereocenters. The van der Waals surface area contributed by atoms with E-state index in [0.717, 1.165) is 11.3 Å². The maximum absolute atomic E-state index is 12.9. The highest BCUT2D eigenvalue weighted by atomic mass is 32.2. The fraction of sp³-hybridized carbons (Fsp3) is 0.409. The molecule has 0 unspecified atom stereocenters. The first-order chi connectivity index (χ1) is 13.9. The number of sulfonamides is 1. The van der Waals surface area contributed by atoms with E-state index in [-0.39, 0.29) is 29.3 Å². The summed E-state index contributed by atoms with van der Waals surface area (Å²) in [5, 5.41) is 2.95. The summed E-state index contributed by atoms with van der Waals surface area (Å²) in [6.45, 7) is 4.79. The third-order valence-corrected chi connectivity index (χ3v) is 6.92. The summed E-state index contributed by atoms with van der Waals surface area (Å²) in [6.07, 6.45) is 1.34. The van der Waals surface area contributed by atoms with Crippen LogP contribution in [0.1, 0.15) is 25.3 Å². The zero-order valence-corrected chi connectivity index (χ0v) is 17.7. The Morgan fingerprint density at radius 1 is 1.17 bits per heavy atom. The molecule has 7 heteroatoms. The van der Waals surface area contributed by atoms with E-state index in [1.807, 2.05) is 44.2 Å². The van der Waals surface area contributed by atoms with Crippen LogP contribution in [0.5, 0.6) is 5.75 Å². The lowest BCUT2D eigenvalue weighted by molar-refractivity contribution is -0.126. The second kappa shape index (κ2) is 9.41. The lowest BCUT2D eigenvalue weighted by atomic mass is 9.98. The van der Waals surface area contributed by atoms with Crippen LogP contribution in [0, 0.1) is 12.8 Å². The number of nitrogens with zero attached hydrogens (tertiary/aromatic N) is 1. The minimum Gasteiger partial charge on any atom is -0.491 e. The van der Waals surface area contributed by atoms with Crippen molar-refractivity contribution in [2.24, 2.45) is 5.92 Å². The molecule has 2 aromatic carbocycles. The SMILES string of the molecule is Cc1ccc(S(=O)(=O)N2CCC[C@@H](C(=O)N[C@H](C)COc3ccccc3)C2)cc1. The summed E-state index contributed by atoms with van der Waals surface area (Å²) in [4.78, 5) is 13.0.